The number of hydrazone groups is 1. The molecule has 20 heavy (non-hydrogen) atoms. The lowest BCUT2D eigenvalue weighted by Crippen LogP contribution is -2.23. The fourth-order valence-corrected chi connectivity index (χ4v) is 1.89. The average Bonchev–Trinajstić information content (AvgIpc) is 2.99. The molecule has 0 unspecified atom stereocenters. The van der Waals surface area contributed by atoms with E-state index in [9.17, 15) is 19.3 Å². The van der Waals surface area contributed by atoms with Crippen molar-refractivity contribution in [3.8, 4) is 0 Å². The van der Waals surface area contributed by atoms with E-state index >= 15 is 0 Å². The SMILES string of the molecule is O=C(Cn1ccc([N+](=O)[O-])n1)NN=Cc1ccc(F)s1. The van der Waals surface area contributed by atoms with Gasteiger partial charge in [0.15, 0.2) is 5.13 Å². The van der Waals surface area contributed by atoms with Crippen molar-refractivity contribution in [2.24, 2.45) is 5.10 Å². The number of rotatable bonds is 5. The molecule has 2 rings (SSSR count). The van der Waals surface area contributed by atoms with Crippen molar-refractivity contribution in [1.82, 2.24) is 15.2 Å². The zero-order chi connectivity index (χ0) is 14.5. The third-order valence-electron chi connectivity index (χ3n) is 2.09. The van der Waals surface area contributed by atoms with Crippen LogP contribution in [-0.2, 0) is 11.3 Å². The van der Waals surface area contributed by atoms with Crippen LogP contribution in [0.5, 0.6) is 0 Å². The molecule has 0 atom stereocenters. The number of amides is 1. The quantitative estimate of drug-likeness (QED) is 0.508. The van der Waals surface area contributed by atoms with Crippen LogP contribution in [0, 0.1) is 15.2 Å². The van der Waals surface area contributed by atoms with Gasteiger partial charge in [-0.1, -0.05) is 0 Å². The lowest BCUT2D eigenvalue weighted by Gasteiger charge is -1.96. The van der Waals surface area contributed by atoms with Gasteiger partial charge >= 0.3 is 5.82 Å². The summed E-state index contributed by atoms with van der Waals surface area (Å²) in [7, 11) is 0. The second-order valence-corrected chi connectivity index (χ2v) is 4.63. The molecule has 8 nitrogen and oxygen atoms in total. The summed E-state index contributed by atoms with van der Waals surface area (Å²) in [6, 6.07) is 3.99. The highest BCUT2D eigenvalue weighted by Crippen LogP contribution is 2.11. The molecule has 0 saturated heterocycles. The molecule has 1 N–H and O–H groups in total. The van der Waals surface area contributed by atoms with Gasteiger partial charge in [0.2, 0.25) is 0 Å². The smallest absolute Gasteiger partial charge is 0.358 e. The Balaban J connectivity index is 1.85. The molecular formula is C10H8FN5O3S. The summed E-state index contributed by atoms with van der Waals surface area (Å²) in [6.07, 6.45) is 2.62. The van der Waals surface area contributed by atoms with Crippen molar-refractivity contribution < 1.29 is 14.1 Å². The molecule has 10 heteroatoms. The van der Waals surface area contributed by atoms with Crippen molar-refractivity contribution in [2.45, 2.75) is 6.54 Å². The van der Waals surface area contributed by atoms with Crippen molar-refractivity contribution in [1.29, 1.82) is 0 Å². The van der Waals surface area contributed by atoms with E-state index in [1.165, 1.54) is 30.6 Å². The monoisotopic (exact) mass is 297 g/mol. The first-order valence-electron chi connectivity index (χ1n) is 5.29. The van der Waals surface area contributed by atoms with Crippen LogP contribution >= 0.6 is 11.3 Å². The number of nitrogens with one attached hydrogen (secondary N) is 1. The topological polar surface area (TPSA) is 102 Å². The predicted molar refractivity (Wildman–Crippen MR) is 68.9 cm³/mol. The van der Waals surface area contributed by atoms with E-state index in [2.05, 4.69) is 15.6 Å². The Kier molecular flexibility index (Phi) is 4.15. The van der Waals surface area contributed by atoms with E-state index in [1.54, 1.807) is 0 Å². The van der Waals surface area contributed by atoms with Gasteiger partial charge in [-0.15, -0.1) is 11.3 Å². The van der Waals surface area contributed by atoms with Crippen molar-refractivity contribution in [3.05, 3.63) is 44.5 Å². The molecule has 2 aromatic heterocycles. The number of halogens is 1. The Morgan fingerprint density at radius 3 is 3.00 bits per heavy atom. The molecule has 0 fully saturated rings. The summed E-state index contributed by atoms with van der Waals surface area (Å²) in [6.45, 7) is -0.204. The Bertz CT molecular complexity index is 665. The van der Waals surface area contributed by atoms with Gasteiger partial charge in [0.05, 0.1) is 28.5 Å². The highest BCUT2D eigenvalue weighted by Gasteiger charge is 2.12. The highest BCUT2D eigenvalue weighted by molar-refractivity contribution is 7.12. The molecule has 0 spiro atoms. The molecule has 2 aromatic rings. The first-order chi connectivity index (χ1) is 9.54. The third kappa shape index (κ3) is 3.68. The van der Waals surface area contributed by atoms with Crippen LogP contribution in [0.2, 0.25) is 0 Å². The van der Waals surface area contributed by atoms with Gasteiger partial charge in [0.25, 0.3) is 5.91 Å². The van der Waals surface area contributed by atoms with Crippen LogP contribution in [0.25, 0.3) is 0 Å². The summed E-state index contributed by atoms with van der Waals surface area (Å²) >= 11 is 0.890. The number of thiophene rings is 1. The maximum absolute atomic E-state index is 12.7. The van der Waals surface area contributed by atoms with Crippen molar-refractivity contribution in [3.63, 3.8) is 0 Å². The van der Waals surface area contributed by atoms with Crippen LogP contribution in [-0.4, -0.2) is 26.8 Å². The van der Waals surface area contributed by atoms with Crippen LogP contribution in [0.1, 0.15) is 4.88 Å². The molecule has 1 amide bonds. The zero-order valence-corrected chi connectivity index (χ0v) is 10.7. The van der Waals surface area contributed by atoms with Crippen LogP contribution in [0.15, 0.2) is 29.5 Å². The van der Waals surface area contributed by atoms with Crippen molar-refractivity contribution in [2.75, 3.05) is 0 Å². The first kappa shape index (κ1) is 13.8. The van der Waals surface area contributed by atoms with Crippen LogP contribution in [0.4, 0.5) is 10.2 Å². The Morgan fingerprint density at radius 2 is 2.40 bits per heavy atom. The van der Waals surface area contributed by atoms with E-state index in [4.69, 9.17) is 0 Å². The Morgan fingerprint density at radius 1 is 1.60 bits per heavy atom. The second kappa shape index (κ2) is 6.02. The second-order valence-electron chi connectivity index (χ2n) is 3.56. The predicted octanol–water partition coefficient (Wildman–Crippen LogP) is 1.14. The summed E-state index contributed by atoms with van der Waals surface area (Å²) in [4.78, 5) is 21.8. The van der Waals surface area contributed by atoms with Crippen molar-refractivity contribution >= 4 is 29.3 Å². The molecule has 0 aliphatic rings. The zero-order valence-electron chi connectivity index (χ0n) is 9.89. The Hall–Kier alpha value is -2.62. The number of hydrogen-bond donors (Lipinski definition) is 1. The number of nitro groups is 1. The molecular weight excluding hydrogens is 289 g/mol. The van der Waals surface area contributed by atoms with E-state index in [0.29, 0.717) is 4.88 Å². The number of carbonyl (C=O) groups is 1. The molecule has 0 aliphatic heterocycles. The maximum atomic E-state index is 12.7. The summed E-state index contributed by atoms with van der Waals surface area (Å²) in [5.74, 6) is -0.841. The minimum atomic E-state index is -0.655. The van der Waals surface area contributed by atoms with Gasteiger partial charge in [-0.3, -0.25) is 4.79 Å². The highest BCUT2D eigenvalue weighted by atomic mass is 32.1. The lowest BCUT2D eigenvalue weighted by molar-refractivity contribution is -0.389. The first-order valence-corrected chi connectivity index (χ1v) is 6.11. The molecule has 0 aromatic carbocycles. The van der Waals surface area contributed by atoms with Gasteiger partial charge in [-0.05, 0) is 17.1 Å². The number of aromatic nitrogens is 2. The molecule has 0 bridgehead atoms. The number of hydrogen-bond acceptors (Lipinski definition) is 6. The van der Waals surface area contributed by atoms with Crippen LogP contribution in [0.3, 0.4) is 0 Å². The number of carbonyl (C=O) groups excluding carboxylic acids is 1. The summed E-state index contributed by atoms with van der Waals surface area (Å²) in [5, 5.41) is 17.3. The summed E-state index contributed by atoms with van der Waals surface area (Å²) < 4.78 is 13.8. The lowest BCUT2D eigenvalue weighted by atomic mass is 10.5. The molecule has 0 radical (unpaired) electrons. The molecule has 0 aliphatic carbocycles. The Labute approximate surface area is 115 Å². The van der Waals surface area contributed by atoms with E-state index in [1.807, 2.05) is 0 Å². The molecule has 2 heterocycles. The fraction of sp³-hybridized carbons (Fsp3) is 0.100. The summed E-state index contributed by atoms with van der Waals surface area (Å²) in [5.41, 5.74) is 2.21. The van der Waals surface area contributed by atoms with Crippen LogP contribution < -0.4 is 5.43 Å². The number of nitrogens with zero attached hydrogens (tertiary/aromatic N) is 4. The van der Waals surface area contributed by atoms with Gasteiger partial charge in [-0.25, -0.2) is 5.43 Å². The van der Waals surface area contributed by atoms with Gasteiger partial charge in [0.1, 0.15) is 6.54 Å². The normalized spacial score (nSPS) is 10.8. The van der Waals surface area contributed by atoms with Gasteiger partial charge in [-0.2, -0.15) is 14.2 Å². The minimum Gasteiger partial charge on any atom is -0.358 e. The fourth-order valence-electron chi connectivity index (χ4n) is 1.28. The van der Waals surface area contributed by atoms with Gasteiger partial charge in [0, 0.05) is 0 Å². The van der Waals surface area contributed by atoms with E-state index < -0.39 is 10.8 Å². The largest absolute Gasteiger partial charge is 0.389 e. The third-order valence-corrected chi connectivity index (χ3v) is 2.90. The van der Waals surface area contributed by atoms with E-state index in [0.717, 1.165) is 16.0 Å². The van der Waals surface area contributed by atoms with E-state index in [-0.39, 0.29) is 17.5 Å². The maximum Gasteiger partial charge on any atom is 0.389 e. The molecule has 0 saturated carbocycles. The molecule has 104 valence electrons. The van der Waals surface area contributed by atoms with Gasteiger partial charge < -0.3 is 10.1 Å². The standard InChI is InChI=1S/C10H8FN5O3S/c11-8-2-1-7(20-8)5-12-13-10(17)6-15-4-3-9(14-15)16(18)19/h1-5H,6H2,(H,13,17). The minimum absolute atomic E-state index is 0.204. The average molecular weight is 297 g/mol.